The monoisotopic (exact) mass is 425 g/mol. The van der Waals surface area contributed by atoms with Crippen LogP contribution in [0.3, 0.4) is 0 Å². The van der Waals surface area contributed by atoms with Gasteiger partial charge in [-0.3, -0.25) is 9.59 Å². The van der Waals surface area contributed by atoms with Crippen LogP contribution < -0.4 is 5.32 Å². The lowest BCUT2D eigenvalue weighted by molar-refractivity contribution is -0.138. The Balaban J connectivity index is 1.72. The van der Waals surface area contributed by atoms with Crippen LogP contribution in [0, 0.1) is 11.8 Å². The Morgan fingerprint density at radius 1 is 1.29 bits per heavy atom. The van der Waals surface area contributed by atoms with Crippen molar-refractivity contribution in [2.75, 3.05) is 26.2 Å². The molecule has 1 aliphatic heterocycles. The summed E-state index contributed by atoms with van der Waals surface area (Å²) < 4.78 is 8.32. The van der Waals surface area contributed by atoms with E-state index in [4.69, 9.17) is 6.48 Å². The minimum Gasteiger partial charge on any atom is -0.508 e. The second kappa shape index (κ2) is 9.96. The summed E-state index contributed by atoms with van der Waals surface area (Å²) in [5.74, 6) is -1.29. The van der Waals surface area contributed by atoms with E-state index in [2.05, 4.69) is 24.1 Å². The quantitative estimate of drug-likeness (QED) is 0.605. The van der Waals surface area contributed by atoms with E-state index in [0.717, 1.165) is 30.6 Å². The summed E-state index contributed by atoms with van der Waals surface area (Å²) in [6, 6.07) is 15.1. The van der Waals surface area contributed by atoms with E-state index in [1.165, 1.54) is 0 Å². The number of amides is 1. The number of aromatic hydroxyl groups is 1. The van der Waals surface area contributed by atoms with Crippen LogP contribution >= 0.6 is 0 Å². The van der Waals surface area contributed by atoms with Crippen molar-refractivity contribution in [3.05, 3.63) is 65.7 Å². The van der Waals surface area contributed by atoms with E-state index >= 15 is 0 Å². The van der Waals surface area contributed by atoms with E-state index < -0.39 is 5.97 Å². The van der Waals surface area contributed by atoms with Gasteiger partial charge in [-0.15, -0.1) is 0 Å². The molecule has 1 amide bonds. The summed E-state index contributed by atoms with van der Waals surface area (Å²) in [5.41, 5.74) is 1.65. The molecule has 31 heavy (non-hydrogen) atoms. The fourth-order valence-electron chi connectivity index (χ4n) is 4.42. The highest BCUT2D eigenvalue weighted by molar-refractivity contribution is 5.83. The first-order chi connectivity index (χ1) is 15.2. The highest BCUT2D eigenvalue weighted by Crippen LogP contribution is 2.40. The number of rotatable bonds is 8. The molecule has 3 N–H and O–H groups in total. The van der Waals surface area contributed by atoms with Crippen LogP contribution in [0.25, 0.3) is 0 Å². The van der Waals surface area contributed by atoms with Crippen LogP contribution in [-0.4, -0.2) is 53.2 Å². The Labute approximate surface area is 185 Å². The zero-order valence-electron chi connectivity index (χ0n) is 19.2. The average molecular weight is 426 g/mol. The first-order valence-electron chi connectivity index (χ1n) is 11.2. The molecule has 6 heteroatoms. The minimum atomic E-state index is -1.06. The van der Waals surface area contributed by atoms with Gasteiger partial charge in [-0.1, -0.05) is 56.3 Å². The molecule has 0 aromatic heterocycles. The van der Waals surface area contributed by atoms with E-state index in [-0.39, 0.29) is 35.5 Å². The molecule has 1 saturated heterocycles. The first-order valence-corrected chi connectivity index (χ1v) is 10.7. The number of carboxylic acid groups (broad SMARTS) is 1. The number of carboxylic acids is 1. The number of phenolic OH excluding ortho intramolecular Hbond substituents is 1. The Morgan fingerprint density at radius 2 is 2.03 bits per heavy atom. The highest BCUT2D eigenvalue weighted by atomic mass is 16.4. The van der Waals surface area contributed by atoms with Gasteiger partial charge in [0.25, 0.3) is 0 Å². The highest BCUT2D eigenvalue weighted by Gasteiger charge is 2.39. The van der Waals surface area contributed by atoms with Crippen molar-refractivity contribution in [1.29, 1.82) is 0 Å². The lowest BCUT2D eigenvalue weighted by Gasteiger charge is -2.45. The molecule has 1 heterocycles. The number of aliphatic carboxylic acids is 1. The largest absolute Gasteiger partial charge is 0.508 e. The maximum atomic E-state index is 12.8. The Kier molecular flexibility index (Phi) is 6.87. The molecule has 0 radical (unpaired) electrons. The fraction of sp³-hybridized carbons (Fsp3) is 0.440. The Hall–Kier alpha value is -2.86. The van der Waals surface area contributed by atoms with Crippen molar-refractivity contribution in [3.8, 4) is 5.75 Å². The average Bonchev–Trinajstić information content (AvgIpc) is 2.76. The number of likely N-dealkylation sites (tertiary alicyclic amines) is 1. The number of carbonyl (C=O) groups excluding carboxylic acids is 1. The normalized spacial score (nSPS) is 23.0. The second-order valence-corrected chi connectivity index (χ2v) is 8.79. The van der Waals surface area contributed by atoms with Crippen LogP contribution in [0.2, 0.25) is 0 Å². The molecule has 1 fully saturated rings. The molecule has 2 aromatic rings. The Bertz CT molecular complexity index is 952. The van der Waals surface area contributed by atoms with Gasteiger partial charge < -0.3 is 20.4 Å². The van der Waals surface area contributed by atoms with Crippen molar-refractivity contribution >= 4 is 11.9 Å². The number of phenols is 1. The summed E-state index contributed by atoms with van der Waals surface area (Å²) in [4.78, 5) is 26.0. The molecule has 0 saturated carbocycles. The molecular weight excluding hydrogens is 392 g/mol. The number of hydrogen-bond donors (Lipinski definition) is 3. The predicted molar refractivity (Wildman–Crippen MR) is 120 cm³/mol. The third kappa shape index (κ3) is 5.85. The van der Waals surface area contributed by atoms with Crippen LogP contribution in [0.15, 0.2) is 54.6 Å². The maximum absolute atomic E-state index is 12.8. The van der Waals surface area contributed by atoms with Crippen molar-refractivity contribution < 1.29 is 21.2 Å². The van der Waals surface area contributed by atoms with Crippen molar-refractivity contribution in [2.24, 2.45) is 11.8 Å². The summed E-state index contributed by atoms with van der Waals surface area (Å²) in [6.45, 7) is 5.95. The molecule has 3 rings (SSSR count). The first kappa shape index (κ1) is 21.4. The van der Waals surface area contributed by atoms with E-state index in [1.807, 2.05) is 30.3 Å². The van der Waals surface area contributed by atoms with Gasteiger partial charge in [-0.25, -0.2) is 0 Å². The zero-order valence-corrected chi connectivity index (χ0v) is 18.2. The number of nitrogens with one attached hydrogen (secondary N) is 1. The van der Waals surface area contributed by atoms with E-state index in [1.54, 1.807) is 18.2 Å². The van der Waals surface area contributed by atoms with Crippen molar-refractivity contribution in [2.45, 2.75) is 32.1 Å². The number of carbonyl (C=O) groups is 2. The molecule has 166 valence electrons. The van der Waals surface area contributed by atoms with Gasteiger partial charge in [0, 0.05) is 13.1 Å². The zero-order chi connectivity index (χ0) is 23.3. The third-order valence-corrected chi connectivity index (χ3v) is 6.56. The molecule has 0 spiro atoms. The standard InChI is InChI=1S/C25H32N2O4/c1-18-16-27(12-11-25(18,2)21-9-6-10-22(28)14-21)17-20(24(31)26-15-23(29)30)13-19-7-4-3-5-8-19/h3-10,14,18,20,28H,11-13,15-17H2,1-2H3,(H,26,31)(H,29,30)/t18-,20-,25+/m0/s1/i9D. The molecule has 0 aliphatic carbocycles. The maximum Gasteiger partial charge on any atom is 0.322 e. The van der Waals surface area contributed by atoms with E-state index in [9.17, 15) is 14.7 Å². The molecule has 3 atom stereocenters. The molecular formula is C25H32N2O4. The summed E-state index contributed by atoms with van der Waals surface area (Å²) >= 11 is 0. The van der Waals surface area contributed by atoms with Crippen molar-refractivity contribution in [3.63, 3.8) is 0 Å². The molecule has 6 nitrogen and oxygen atoms in total. The number of hydrogen-bond acceptors (Lipinski definition) is 4. The van der Waals surface area contributed by atoms with Gasteiger partial charge in [0.2, 0.25) is 5.91 Å². The number of nitrogens with zero attached hydrogens (tertiary/aromatic N) is 1. The van der Waals surface area contributed by atoms with Crippen LogP contribution in [0.1, 0.15) is 32.8 Å². The summed E-state index contributed by atoms with van der Waals surface area (Å²) in [6.07, 6.45) is 1.34. The van der Waals surface area contributed by atoms with Gasteiger partial charge in [0.1, 0.15) is 12.3 Å². The van der Waals surface area contributed by atoms with E-state index in [0.29, 0.717) is 19.0 Å². The minimum absolute atomic E-state index is 0.171. The van der Waals surface area contributed by atoms with Gasteiger partial charge in [0.15, 0.2) is 0 Å². The smallest absolute Gasteiger partial charge is 0.322 e. The molecule has 2 aromatic carbocycles. The van der Waals surface area contributed by atoms with Gasteiger partial charge >= 0.3 is 5.97 Å². The fourth-order valence-corrected chi connectivity index (χ4v) is 4.42. The summed E-state index contributed by atoms with van der Waals surface area (Å²) in [7, 11) is 0. The topological polar surface area (TPSA) is 89.9 Å². The predicted octanol–water partition coefficient (Wildman–Crippen LogP) is 3.05. The number of piperidine rings is 1. The lowest BCUT2D eigenvalue weighted by atomic mass is 9.68. The molecule has 0 unspecified atom stereocenters. The lowest BCUT2D eigenvalue weighted by Crippen LogP contribution is -2.50. The number of benzene rings is 2. The van der Waals surface area contributed by atoms with Crippen LogP contribution in [0.4, 0.5) is 0 Å². The van der Waals surface area contributed by atoms with Crippen LogP contribution in [0.5, 0.6) is 5.75 Å². The van der Waals surface area contributed by atoms with Gasteiger partial charge in [0.05, 0.1) is 7.29 Å². The Morgan fingerprint density at radius 3 is 2.71 bits per heavy atom. The SMILES string of the molecule is [2H]c1ccc(O)cc1[C@]1(C)CCN(C[C@H](Cc2ccccc2)C(=O)NCC(=O)O)C[C@@H]1C. The van der Waals surface area contributed by atoms with Crippen molar-refractivity contribution in [1.82, 2.24) is 10.2 Å². The molecule has 0 bridgehead atoms. The second-order valence-electron chi connectivity index (χ2n) is 8.79. The van der Waals surface area contributed by atoms with Gasteiger partial charge in [-0.2, -0.15) is 0 Å². The molecule has 1 aliphatic rings. The third-order valence-electron chi connectivity index (χ3n) is 6.56. The van der Waals surface area contributed by atoms with Crippen LogP contribution in [-0.2, 0) is 21.4 Å². The van der Waals surface area contributed by atoms with Gasteiger partial charge in [-0.05, 0) is 54.0 Å². The summed E-state index contributed by atoms with van der Waals surface area (Å²) in [5, 5.41) is 21.4.